The Labute approximate surface area is 128 Å². The lowest BCUT2D eigenvalue weighted by molar-refractivity contribution is 0.0749. The quantitative estimate of drug-likeness (QED) is 0.819. The zero-order valence-electron chi connectivity index (χ0n) is 11.5. The summed E-state index contributed by atoms with van der Waals surface area (Å²) in [5.74, 6) is -0.406. The van der Waals surface area contributed by atoms with Gasteiger partial charge in [-0.05, 0) is 42.2 Å². The number of rotatable bonds is 2. The Hall–Kier alpha value is -1.87. The van der Waals surface area contributed by atoms with Crippen molar-refractivity contribution in [2.75, 3.05) is 6.54 Å². The van der Waals surface area contributed by atoms with Crippen molar-refractivity contribution >= 4 is 17.5 Å². The van der Waals surface area contributed by atoms with Gasteiger partial charge in [-0.2, -0.15) is 0 Å². The molecule has 3 rings (SSSR count). The Morgan fingerprint density at radius 3 is 2.81 bits per heavy atom. The van der Waals surface area contributed by atoms with Crippen LogP contribution in [0.1, 0.15) is 27.9 Å². The number of carbonyl (C=O) groups is 1. The average molecular weight is 304 g/mol. The third-order valence-electron chi connectivity index (χ3n) is 3.77. The van der Waals surface area contributed by atoms with Gasteiger partial charge in [-0.1, -0.05) is 35.9 Å². The van der Waals surface area contributed by atoms with Crippen LogP contribution in [-0.4, -0.2) is 17.4 Å². The van der Waals surface area contributed by atoms with Crippen molar-refractivity contribution in [1.82, 2.24) is 4.90 Å². The van der Waals surface area contributed by atoms with Gasteiger partial charge < -0.3 is 4.90 Å². The molecule has 2 aromatic rings. The molecular formula is C17H15ClFNO. The largest absolute Gasteiger partial charge is 0.334 e. The second kappa shape index (κ2) is 5.86. The lowest BCUT2D eigenvalue weighted by atomic mass is 10.0. The highest BCUT2D eigenvalue weighted by Crippen LogP contribution is 2.22. The maximum atomic E-state index is 13.2. The summed E-state index contributed by atoms with van der Waals surface area (Å²) < 4.78 is 13.2. The number of benzene rings is 2. The first kappa shape index (κ1) is 14.1. The highest BCUT2D eigenvalue weighted by atomic mass is 35.5. The fourth-order valence-electron chi connectivity index (χ4n) is 2.69. The van der Waals surface area contributed by atoms with Gasteiger partial charge in [-0.3, -0.25) is 4.79 Å². The topological polar surface area (TPSA) is 20.3 Å². The molecule has 2 aromatic carbocycles. The van der Waals surface area contributed by atoms with Crippen LogP contribution in [0.2, 0.25) is 5.02 Å². The highest BCUT2D eigenvalue weighted by Gasteiger charge is 2.22. The molecular weight excluding hydrogens is 289 g/mol. The molecule has 21 heavy (non-hydrogen) atoms. The summed E-state index contributed by atoms with van der Waals surface area (Å²) >= 11 is 5.80. The summed E-state index contributed by atoms with van der Waals surface area (Å²) in [7, 11) is 0. The number of halogens is 2. The minimum atomic E-state index is -0.437. The van der Waals surface area contributed by atoms with Crippen LogP contribution in [0, 0.1) is 5.82 Å². The van der Waals surface area contributed by atoms with Gasteiger partial charge in [-0.25, -0.2) is 4.39 Å². The smallest absolute Gasteiger partial charge is 0.254 e. The fraction of sp³-hybridized carbons (Fsp3) is 0.235. The summed E-state index contributed by atoms with van der Waals surface area (Å²) in [5.41, 5.74) is 2.71. The first-order valence-electron chi connectivity index (χ1n) is 6.96. The maximum Gasteiger partial charge on any atom is 0.254 e. The number of hydrogen-bond donors (Lipinski definition) is 0. The molecule has 4 heteroatoms. The first-order chi connectivity index (χ1) is 10.1. The molecule has 1 aliphatic rings. The van der Waals surface area contributed by atoms with Crippen LogP contribution in [0.4, 0.5) is 4.39 Å². The van der Waals surface area contributed by atoms with E-state index in [9.17, 15) is 9.18 Å². The Balaban J connectivity index is 1.85. The minimum Gasteiger partial charge on any atom is -0.334 e. The molecule has 0 aliphatic carbocycles. The number of aryl methyl sites for hydroxylation is 1. The monoisotopic (exact) mass is 303 g/mol. The van der Waals surface area contributed by atoms with E-state index in [4.69, 9.17) is 11.6 Å². The predicted octanol–water partition coefficient (Wildman–Crippen LogP) is 4.07. The molecule has 0 aromatic heterocycles. The van der Waals surface area contributed by atoms with Gasteiger partial charge in [0.05, 0.1) is 5.02 Å². The van der Waals surface area contributed by atoms with Gasteiger partial charge in [-0.15, -0.1) is 0 Å². The normalized spacial score (nSPS) is 14.8. The summed E-state index contributed by atoms with van der Waals surface area (Å²) in [6.07, 6.45) is 1.83. The van der Waals surface area contributed by atoms with Crippen molar-refractivity contribution in [3.8, 4) is 0 Å². The Bertz CT molecular complexity index is 686. The molecule has 1 amide bonds. The number of hydrogen-bond acceptors (Lipinski definition) is 1. The van der Waals surface area contributed by atoms with Crippen LogP contribution in [0.15, 0.2) is 42.5 Å². The van der Waals surface area contributed by atoms with Crippen LogP contribution in [0.3, 0.4) is 0 Å². The molecule has 0 bridgehead atoms. The minimum absolute atomic E-state index is 0.0311. The standard InChI is InChI=1S/C17H15ClFNO/c18-15-10-12(7-8-16(15)19)11-20-9-3-5-13-4-1-2-6-14(13)17(20)21/h1-2,4,6-8,10H,3,5,9,11H2. The molecule has 0 spiro atoms. The summed E-state index contributed by atoms with van der Waals surface area (Å²) in [5, 5.41) is 0.0928. The lowest BCUT2D eigenvalue weighted by Crippen LogP contribution is -2.30. The van der Waals surface area contributed by atoms with Crippen molar-refractivity contribution < 1.29 is 9.18 Å². The highest BCUT2D eigenvalue weighted by molar-refractivity contribution is 6.30. The van der Waals surface area contributed by atoms with E-state index in [1.54, 1.807) is 17.0 Å². The second-order valence-electron chi connectivity index (χ2n) is 5.24. The van der Waals surface area contributed by atoms with Gasteiger partial charge in [0.1, 0.15) is 5.82 Å². The van der Waals surface area contributed by atoms with Gasteiger partial charge >= 0.3 is 0 Å². The Morgan fingerprint density at radius 1 is 1.19 bits per heavy atom. The number of carbonyl (C=O) groups excluding carboxylic acids is 1. The molecule has 0 N–H and O–H groups in total. The van der Waals surface area contributed by atoms with Gasteiger partial charge in [0, 0.05) is 18.7 Å². The van der Waals surface area contributed by atoms with E-state index in [-0.39, 0.29) is 10.9 Å². The van der Waals surface area contributed by atoms with Crippen molar-refractivity contribution in [3.63, 3.8) is 0 Å². The Kier molecular flexibility index (Phi) is 3.93. The molecule has 1 aliphatic heterocycles. The van der Waals surface area contributed by atoms with Crippen LogP contribution in [0.5, 0.6) is 0 Å². The third kappa shape index (κ3) is 2.93. The lowest BCUT2D eigenvalue weighted by Gasteiger charge is -2.21. The molecule has 0 unspecified atom stereocenters. The number of amides is 1. The fourth-order valence-corrected chi connectivity index (χ4v) is 2.89. The third-order valence-corrected chi connectivity index (χ3v) is 4.06. The number of nitrogens with zero attached hydrogens (tertiary/aromatic N) is 1. The van der Waals surface area contributed by atoms with Crippen molar-refractivity contribution in [1.29, 1.82) is 0 Å². The van der Waals surface area contributed by atoms with E-state index in [0.717, 1.165) is 29.5 Å². The molecule has 0 atom stereocenters. The van der Waals surface area contributed by atoms with E-state index in [1.807, 2.05) is 24.3 Å². The van der Waals surface area contributed by atoms with Crippen molar-refractivity contribution in [2.45, 2.75) is 19.4 Å². The molecule has 108 valence electrons. The van der Waals surface area contributed by atoms with Crippen molar-refractivity contribution in [3.05, 3.63) is 70.0 Å². The Morgan fingerprint density at radius 2 is 2.00 bits per heavy atom. The second-order valence-corrected chi connectivity index (χ2v) is 5.64. The van der Waals surface area contributed by atoms with E-state index in [0.29, 0.717) is 13.1 Å². The van der Waals surface area contributed by atoms with Gasteiger partial charge in [0.2, 0.25) is 0 Å². The van der Waals surface area contributed by atoms with Crippen LogP contribution >= 0.6 is 11.6 Å². The molecule has 2 nitrogen and oxygen atoms in total. The molecule has 0 radical (unpaired) electrons. The first-order valence-corrected chi connectivity index (χ1v) is 7.34. The van der Waals surface area contributed by atoms with E-state index < -0.39 is 5.82 Å². The molecule has 0 saturated heterocycles. The van der Waals surface area contributed by atoms with E-state index in [1.165, 1.54) is 6.07 Å². The van der Waals surface area contributed by atoms with Crippen LogP contribution in [0.25, 0.3) is 0 Å². The maximum absolute atomic E-state index is 13.2. The van der Waals surface area contributed by atoms with Gasteiger partial charge in [0.25, 0.3) is 5.91 Å². The summed E-state index contributed by atoms with van der Waals surface area (Å²) in [6, 6.07) is 12.3. The summed E-state index contributed by atoms with van der Waals surface area (Å²) in [6.45, 7) is 1.15. The zero-order valence-corrected chi connectivity index (χ0v) is 12.2. The van der Waals surface area contributed by atoms with Crippen LogP contribution < -0.4 is 0 Å². The average Bonchev–Trinajstić information content (AvgIpc) is 2.64. The molecule has 1 heterocycles. The summed E-state index contributed by atoms with van der Waals surface area (Å²) in [4.78, 5) is 14.4. The number of fused-ring (bicyclic) bond motifs is 1. The zero-order chi connectivity index (χ0) is 14.8. The molecule has 0 fully saturated rings. The molecule has 0 saturated carbocycles. The van der Waals surface area contributed by atoms with Crippen LogP contribution in [-0.2, 0) is 13.0 Å². The van der Waals surface area contributed by atoms with Gasteiger partial charge in [0.15, 0.2) is 0 Å². The predicted molar refractivity (Wildman–Crippen MR) is 80.9 cm³/mol. The van der Waals surface area contributed by atoms with E-state index >= 15 is 0 Å². The van der Waals surface area contributed by atoms with E-state index in [2.05, 4.69) is 0 Å². The SMILES string of the molecule is O=C1c2ccccc2CCCN1Cc1ccc(F)c(Cl)c1. The van der Waals surface area contributed by atoms with Crippen molar-refractivity contribution in [2.24, 2.45) is 0 Å².